The van der Waals surface area contributed by atoms with Gasteiger partial charge in [0.15, 0.2) is 0 Å². The highest BCUT2D eigenvalue weighted by Crippen LogP contribution is 2.30. The molecule has 0 aliphatic rings. The number of hydrogen-bond donors (Lipinski definition) is 2. The zero-order chi connectivity index (χ0) is 14.4. The van der Waals surface area contributed by atoms with Crippen molar-refractivity contribution in [3.05, 3.63) is 28.3 Å². The van der Waals surface area contributed by atoms with Crippen molar-refractivity contribution < 1.29 is 10.0 Å². The van der Waals surface area contributed by atoms with Crippen LogP contribution >= 0.6 is 0 Å². The summed E-state index contributed by atoms with van der Waals surface area (Å²) in [6.07, 6.45) is 2.98. The van der Waals surface area contributed by atoms with E-state index in [-0.39, 0.29) is 17.5 Å². The van der Waals surface area contributed by atoms with Crippen LogP contribution < -0.4 is 5.32 Å². The summed E-state index contributed by atoms with van der Waals surface area (Å²) in [5.41, 5.74) is 0.389. The monoisotopic (exact) mass is 266 g/mol. The van der Waals surface area contributed by atoms with Gasteiger partial charge in [-0.05, 0) is 30.9 Å². The van der Waals surface area contributed by atoms with Crippen molar-refractivity contribution in [2.45, 2.75) is 46.1 Å². The molecule has 2 unspecified atom stereocenters. The lowest BCUT2D eigenvalue weighted by atomic mass is 9.97. The van der Waals surface area contributed by atoms with E-state index >= 15 is 0 Å². The van der Waals surface area contributed by atoms with Crippen LogP contribution in [0.25, 0.3) is 0 Å². The molecule has 0 amide bonds. The number of benzene rings is 1. The Morgan fingerprint density at radius 3 is 2.58 bits per heavy atom. The molecule has 0 saturated heterocycles. The Balaban J connectivity index is 2.87. The molecule has 0 aromatic heterocycles. The van der Waals surface area contributed by atoms with Crippen LogP contribution in [0.3, 0.4) is 0 Å². The summed E-state index contributed by atoms with van der Waals surface area (Å²) in [6, 6.07) is 4.41. The molecule has 1 aromatic carbocycles. The minimum Gasteiger partial charge on any atom is -0.508 e. The van der Waals surface area contributed by atoms with Crippen LogP contribution in [0.4, 0.5) is 11.4 Å². The van der Waals surface area contributed by atoms with Gasteiger partial charge in [0.1, 0.15) is 11.4 Å². The lowest BCUT2D eigenvalue weighted by Crippen LogP contribution is -2.21. The van der Waals surface area contributed by atoms with Crippen molar-refractivity contribution >= 4 is 11.4 Å². The SMILES string of the molecule is CCC(C)CC(CC)Nc1ccc(O)cc1[N+](=O)[O-]. The van der Waals surface area contributed by atoms with Crippen LogP contribution in [0.2, 0.25) is 0 Å². The normalized spacial score (nSPS) is 13.8. The fourth-order valence-corrected chi connectivity index (χ4v) is 1.99. The third-order valence-electron chi connectivity index (χ3n) is 3.41. The standard InChI is InChI=1S/C14H22N2O3/c1-4-10(3)8-11(5-2)15-13-7-6-12(17)9-14(13)16(18)19/h6-7,9-11,15,17H,4-5,8H2,1-3H3. The Kier molecular flexibility index (Phi) is 5.60. The second-order valence-corrected chi connectivity index (χ2v) is 4.96. The topological polar surface area (TPSA) is 75.4 Å². The number of nitro groups is 1. The van der Waals surface area contributed by atoms with E-state index in [0.29, 0.717) is 11.6 Å². The van der Waals surface area contributed by atoms with Gasteiger partial charge in [-0.25, -0.2) is 0 Å². The van der Waals surface area contributed by atoms with Gasteiger partial charge in [0, 0.05) is 6.04 Å². The number of nitrogens with zero attached hydrogens (tertiary/aromatic N) is 1. The summed E-state index contributed by atoms with van der Waals surface area (Å²) in [5.74, 6) is 0.487. The molecule has 2 atom stereocenters. The van der Waals surface area contributed by atoms with Gasteiger partial charge < -0.3 is 10.4 Å². The zero-order valence-electron chi connectivity index (χ0n) is 11.7. The second kappa shape index (κ2) is 6.97. The Morgan fingerprint density at radius 1 is 1.37 bits per heavy atom. The molecule has 0 bridgehead atoms. The fraction of sp³-hybridized carbons (Fsp3) is 0.571. The summed E-state index contributed by atoms with van der Waals surface area (Å²) >= 11 is 0. The van der Waals surface area contributed by atoms with Gasteiger partial charge in [0.25, 0.3) is 5.69 Å². The number of aromatic hydroxyl groups is 1. The number of hydrogen-bond acceptors (Lipinski definition) is 4. The molecule has 0 aliphatic heterocycles. The molecule has 0 heterocycles. The molecule has 1 aromatic rings. The number of phenolic OH excluding ortho intramolecular Hbond substituents is 1. The quantitative estimate of drug-likeness (QED) is 0.445. The molecule has 0 spiro atoms. The lowest BCUT2D eigenvalue weighted by Gasteiger charge is -2.21. The molecular weight excluding hydrogens is 244 g/mol. The molecule has 0 fully saturated rings. The Bertz CT molecular complexity index is 435. The predicted molar refractivity (Wildman–Crippen MR) is 76.5 cm³/mol. The van der Waals surface area contributed by atoms with E-state index in [1.807, 2.05) is 0 Å². The molecule has 5 heteroatoms. The maximum atomic E-state index is 11.0. The van der Waals surface area contributed by atoms with Gasteiger partial charge in [-0.1, -0.05) is 27.2 Å². The van der Waals surface area contributed by atoms with Crippen LogP contribution in [-0.4, -0.2) is 16.1 Å². The summed E-state index contributed by atoms with van der Waals surface area (Å²) in [7, 11) is 0. The van der Waals surface area contributed by atoms with Crippen molar-refractivity contribution in [1.29, 1.82) is 0 Å². The Morgan fingerprint density at radius 2 is 2.05 bits per heavy atom. The third kappa shape index (κ3) is 4.43. The average molecular weight is 266 g/mol. The highest BCUT2D eigenvalue weighted by atomic mass is 16.6. The molecule has 2 N–H and O–H groups in total. The first-order chi connectivity index (χ1) is 8.97. The van der Waals surface area contributed by atoms with E-state index in [4.69, 9.17) is 0 Å². The number of nitro benzene ring substituents is 1. The summed E-state index contributed by atoms with van der Waals surface area (Å²) in [6.45, 7) is 6.38. The molecule has 19 heavy (non-hydrogen) atoms. The molecule has 0 radical (unpaired) electrons. The van der Waals surface area contributed by atoms with Gasteiger partial charge in [-0.2, -0.15) is 0 Å². The molecular formula is C14H22N2O3. The maximum Gasteiger partial charge on any atom is 0.296 e. The van der Waals surface area contributed by atoms with E-state index in [1.54, 1.807) is 6.07 Å². The minimum absolute atomic E-state index is 0.0809. The van der Waals surface area contributed by atoms with E-state index in [0.717, 1.165) is 19.3 Å². The summed E-state index contributed by atoms with van der Waals surface area (Å²) < 4.78 is 0. The van der Waals surface area contributed by atoms with Crippen molar-refractivity contribution in [2.75, 3.05) is 5.32 Å². The van der Waals surface area contributed by atoms with Gasteiger partial charge in [0.2, 0.25) is 0 Å². The maximum absolute atomic E-state index is 11.0. The van der Waals surface area contributed by atoms with Crippen molar-refractivity contribution in [1.82, 2.24) is 0 Å². The van der Waals surface area contributed by atoms with E-state index in [2.05, 4.69) is 26.1 Å². The highest BCUT2D eigenvalue weighted by molar-refractivity contribution is 5.64. The molecule has 0 aliphatic carbocycles. The van der Waals surface area contributed by atoms with Crippen molar-refractivity contribution in [2.24, 2.45) is 5.92 Å². The third-order valence-corrected chi connectivity index (χ3v) is 3.41. The Labute approximate surface area is 113 Å². The van der Waals surface area contributed by atoms with E-state index in [9.17, 15) is 15.2 Å². The smallest absolute Gasteiger partial charge is 0.296 e. The van der Waals surface area contributed by atoms with Gasteiger partial charge in [-0.15, -0.1) is 0 Å². The first-order valence-electron chi connectivity index (χ1n) is 6.71. The van der Waals surface area contributed by atoms with Crippen LogP contribution in [0, 0.1) is 16.0 Å². The Hall–Kier alpha value is -1.78. The van der Waals surface area contributed by atoms with Crippen LogP contribution in [0.15, 0.2) is 18.2 Å². The van der Waals surface area contributed by atoms with E-state index < -0.39 is 4.92 Å². The molecule has 106 valence electrons. The predicted octanol–water partition coefficient (Wildman–Crippen LogP) is 3.93. The largest absolute Gasteiger partial charge is 0.508 e. The van der Waals surface area contributed by atoms with Gasteiger partial charge in [-0.3, -0.25) is 10.1 Å². The van der Waals surface area contributed by atoms with Crippen molar-refractivity contribution in [3.8, 4) is 5.75 Å². The highest BCUT2D eigenvalue weighted by Gasteiger charge is 2.18. The first-order valence-corrected chi connectivity index (χ1v) is 6.71. The molecule has 5 nitrogen and oxygen atoms in total. The zero-order valence-corrected chi connectivity index (χ0v) is 11.7. The molecule has 0 saturated carbocycles. The van der Waals surface area contributed by atoms with Gasteiger partial charge >= 0.3 is 0 Å². The number of phenols is 1. The lowest BCUT2D eigenvalue weighted by molar-refractivity contribution is -0.384. The van der Waals surface area contributed by atoms with Crippen molar-refractivity contribution in [3.63, 3.8) is 0 Å². The summed E-state index contributed by atoms with van der Waals surface area (Å²) in [4.78, 5) is 10.5. The summed E-state index contributed by atoms with van der Waals surface area (Å²) in [5, 5.41) is 23.5. The van der Waals surface area contributed by atoms with Crippen LogP contribution in [0.5, 0.6) is 5.75 Å². The number of nitrogens with one attached hydrogen (secondary N) is 1. The average Bonchev–Trinajstić information content (AvgIpc) is 2.39. The first kappa shape index (κ1) is 15.3. The van der Waals surface area contributed by atoms with E-state index in [1.165, 1.54) is 12.1 Å². The molecule has 1 rings (SSSR count). The number of rotatable bonds is 7. The fourth-order valence-electron chi connectivity index (χ4n) is 1.99. The van der Waals surface area contributed by atoms with Crippen LogP contribution in [0.1, 0.15) is 40.0 Å². The number of anilines is 1. The van der Waals surface area contributed by atoms with Gasteiger partial charge in [0.05, 0.1) is 11.0 Å². The van der Waals surface area contributed by atoms with Crippen LogP contribution in [-0.2, 0) is 0 Å². The second-order valence-electron chi connectivity index (χ2n) is 4.96. The minimum atomic E-state index is -0.474.